The number of benzene rings is 2. The van der Waals surface area contributed by atoms with E-state index in [0.717, 1.165) is 31.5 Å². The van der Waals surface area contributed by atoms with Crippen molar-refractivity contribution in [2.24, 2.45) is 10.3 Å². The number of piperidine rings is 1. The predicted octanol–water partition coefficient (Wildman–Crippen LogP) is 4.36. The first kappa shape index (κ1) is 22.5. The molecule has 0 atom stereocenters. The molecule has 0 aliphatic carbocycles. The number of carbonyl (C=O) groups is 1. The highest BCUT2D eigenvalue weighted by molar-refractivity contribution is 7.90. The van der Waals surface area contributed by atoms with Crippen molar-refractivity contribution in [3.8, 4) is 0 Å². The van der Waals surface area contributed by atoms with Gasteiger partial charge in [0.15, 0.2) is 0 Å². The van der Waals surface area contributed by atoms with Crippen LogP contribution in [0.15, 0.2) is 45.7 Å². The number of nitrogens with one attached hydrogen (secondary N) is 2. The quantitative estimate of drug-likeness (QED) is 0.666. The van der Waals surface area contributed by atoms with Crippen LogP contribution < -0.4 is 10.6 Å². The Morgan fingerprint density at radius 2 is 1.80 bits per heavy atom. The molecule has 1 heterocycles. The monoisotopic (exact) mass is 447 g/mol. The zero-order chi connectivity index (χ0) is 21.9. The predicted molar refractivity (Wildman–Crippen MR) is 121 cm³/mol. The van der Waals surface area contributed by atoms with Crippen LogP contribution in [0.25, 0.3) is 0 Å². The largest absolute Gasteiger partial charge is 0.321 e. The van der Waals surface area contributed by atoms with Gasteiger partial charge in [-0.1, -0.05) is 29.8 Å². The fourth-order valence-corrected chi connectivity index (χ4v) is 5.24. The summed E-state index contributed by atoms with van der Waals surface area (Å²) in [6.07, 6.45) is 1.74. The third-order valence-electron chi connectivity index (χ3n) is 5.37. The van der Waals surface area contributed by atoms with Gasteiger partial charge in [0, 0.05) is 17.2 Å². The molecule has 0 bridgehead atoms. The van der Waals surface area contributed by atoms with Gasteiger partial charge in [-0.3, -0.25) is 4.79 Å². The Bertz CT molecular complexity index is 1090. The number of nitrogens with zero attached hydrogens (tertiary/aromatic N) is 1. The van der Waals surface area contributed by atoms with Gasteiger partial charge in [0.2, 0.25) is 0 Å². The molecule has 1 amide bonds. The molecule has 160 valence electrons. The minimum Gasteiger partial charge on any atom is -0.321 e. The number of halogens is 1. The van der Waals surface area contributed by atoms with Crippen molar-refractivity contribution in [2.75, 3.05) is 18.4 Å². The molecule has 2 aromatic carbocycles. The molecule has 30 heavy (non-hydrogen) atoms. The maximum atomic E-state index is 12.9. The molecular weight excluding hydrogens is 422 g/mol. The van der Waals surface area contributed by atoms with E-state index in [9.17, 15) is 13.2 Å². The third-order valence-corrected chi connectivity index (χ3v) is 7.21. The lowest BCUT2D eigenvalue weighted by atomic mass is 9.94. The van der Waals surface area contributed by atoms with Crippen LogP contribution in [0.1, 0.15) is 41.3 Å². The zero-order valence-corrected chi connectivity index (χ0v) is 18.9. The number of hydrogen-bond donors (Lipinski definition) is 2. The standard InChI is InChI=1S/C22H26ClN3O3S/c1-14-6-4-5-7-18(14)22(27)25-20-12-15(2)21(13-19(20)23)30(28,29)26-16(3)17-8-10-24-11-9-17/h4-7,12-13,17,24H,8-11H2,1-3H3,(H,25,27). The molecule has 0 unspecified atom stereocenters. The third kappa shape index (κ3) is 5.09. The smallest absolute Gasteiger partial charge is 0.282 e. The van der Waals surface area contributed by atoms with E-state index >= 15 is 0 Å². The van der Waals surface area contributed by atoms with Crippen LogP contribution in [0.2, 0.25) is 5.02 Å². The second-order valence-electron chi connectivity index (χ2n) is 7.60. The Kier molecular flexibility index (Phi) is 6.95. The van der Waals surface area contributed by atoms with Gasteiger partial charge in [-0.2, -0.15) is 12.8 Å². The van der Waals surface area contributed by atoms with Crippen LogP contribution in [-0.4, -0.2) is 33.1 Å². The normalized spacial score (nSPS) is 15.8. The number of sulfonamides is 1. The summed E-state index contributed by atoms with van der Waals surface area (Å²) in [4.78, 5) is 12.6. The van der Waals surface area contributed by atoms with Crippen molar-refractivity contribution in [2.45, 2.75) is 38.5 Å². The summed E-state index contributed by atoms with van der Waals surface area (Å²) in [5.74, 6) is -0.144. The molecule has 8 heteroatoms. The van der Waals surface area contributed by atoms with Gasteiger partial charge < -0.3 is 10.6 Å². The summed E-state index contributed by atoms with van der Waals surface area (Å²) in [6.45, 7) is 7.00. The molecule has 1 aliphatic rings. The van der Waals surface area contributed by atoms with Crippen LogP contribution >= 0.6 is 11.6 Å². The number of anilines is 1. The summed E-state index contributed by atoms with van der Waals surface area (Å²) in [5, 5.41) is 6.18. The second-order valence-corrected chi connectivity index (χ2v) is 9.58. The lowest BCUT2D eigenvalue weighted by Gasteiger charge is -2.22. The number of hydrogen-bond acceptors (Lipinski definition) is 4. The molecular formula is C22H26ClN3O3S. The number of aryl methyl sites for hydroxylation is 2. The Morgan fingerprint density at radius 1 is 1.13 bits per heavy atom. The topological polar surface area (TPSA) is 87.6 Å². The summed E-state index contributed by atoms with van der Waals surface area (Å²) in [7, 11) is -3.90. The minimum atomic E-state index is -3.90. The van der Waals surface area contributed by atoms with E-state index in [-0.39, 0.29) is 21.7 Å². The summed E-state index contributed by atoms with van der Waals surface area (Å²) < 4.78 is 29.9. The molecule has 1 saturated heterocycles. The molecule has 6 nitrogen and oxygen atoms in total. The van der Waals surface area contributed by atoms with E-state index in [1.54, 1.807) is 32.0 Å². The number of amides is 1. The van der Waals surface area contributed by atoms with E-state index in [0.29, 0.717) is 22.5 Å². The summed E-state index contributed by atoms with van der Waals surface area (Å²) in [5.41, 5.74) is 2.82. The van der Waals surface area contributed by atoms with Crippen molar-refractivity contribution in [1.82, 2.24) is 5.32 Å². The van der Waals surface area contributed by atoms with E-state index in [4.69, 9.17) is 11.6 Å². The van der Waals surface area contributed by atoms with Crippen LogP contribution in [0, 0.1) is 19.8 Å². The molecule has 0 aromatic heterocycles. The first-order valence-electron chi connectivity index (χ1n) is 9.88. The van der Waals surface area contributed by atoms with Gasteiger partial charge in [-0.25, -0.2) is 0 Å². The zero-order valence-electron chi connectivity index (χ0n) is 17.3. The van der Waals surface area contributed by atoms with Gasteiger partial charge in [0.25, 0.3) is 15.9 Å². The molecule has 0 spiro atoms. The van der Waals surface area contributed by atoms with E-state index in [2.05, 4.69) is 15.0 Å². The molecule has 1 aliphatic heterocycles. The van der Waals surface area contributed by atoms with Crippen LogP contribution in [0.3, 0.4) is 0 Å². The SMILES string of the molecule is CC(=NS(=O)(=O)c1cc(Cl)c(NC(=O)c2ccccc2C)cc1C)C1CCNCC1. The van der Waals surface area contributed by atoms with Gasteiger partial charge in [0.1, 0.15) is 0 Å². The lowest BCUT2D eigenvalue weighted by molar-refractivity contribution is 0.102. The van der Waals surface area contributed by atoms with Crippen molar-refractivity contribution in [3.63, 3.8) is 0 Å². The number of rotatable bonds is 5. The first-order valence-corrected chi connectivity index (χ1v) is 11.7. The maximum absolute atomic E-state index is 12.9. The Morgan fingerprint density at radius 3 is 2.47 bits per heavy atom. The lowest BCUT2D eigenvalue weighted by Crippen LogP contribution is -2.31. The number of carbonyl (C=O) groups excluding carboxylic acids is 1. The van der Waals surface area contributed by atoms with Gasteiger partial charge in [-0.15, -0.1) is 0 Å². The Labute approximate surface area is 182 Å². The van der Waals surface area contributed by atoms with Gasteiger partial charge in [-0.05, 0) is 76.0 Å². The first-order chi connectivity index (χ1) is 14.2. The van der Waals surface area contributed by atoms with E-state index in [1.807, 2.05) is 19.1 Å². The van der Waals surface area contributed by atoms with Crippen LogP contribution in [-0.2, 0) is 10.0 Å². The Hall–Kier alpha value is -2.22. The summed E-state index contributed by atoms with van der Waals surface area (Å²) in [6, 6.07) is 10.1. The fraction of sp³-hybridized carbons (Fsp3) is 0.364. The average Bonchev–Trinajstić information content (AvgIpc) is 2.71. The van der Waals surface area contributed by atoms with E-state index in [1.165, 1.54) is 6.07 Å². The molecule has 0 radical (unpaired) electrons. The molecule has 2 aromatic rings. The van der Waals surface area contributed by atoms with Gasteiger partial charge in [0.05, 0.1) is 15.6 Å². The highest BCUT2D eigenvalue weighted by Gasteiger charge is 2.23. The van der Waals surface area contributed by atoms with Crippen LogP contribution in [0.4, 0.5) is 5.69 Å². The molecule has 1 fully saturated rings. The van der Waals surface area contributed by atoms with E-state index < -0.39 is 10.0 Å². The second kappa shape index (κ2) is 9.29. The van der Waals surface area contributed by atoms with Crippen molar-refractivity contribution < 1.29 is 13.2 Å². The molecule has 0 saturated carbocycles. The fourth-order valence-electron chi connectivity index (χ4n) is 3.61. The summed E-state index contributed by atoms with van der Waals surface area (Å²) >= 11 is 6.33. The van der Waals surface area contributed by atoms with Gasteiger partial charge >= 0.3 is 0 Å². The highest BCUT2D eigenvalue weighted by atomic mass is 35.5. The van der Waals surface area contributed by atoms with Crippen molar-refractivity contribution in [3.05, 3.63) is 58.1 Å². The molecule has 3 rings (SSSR count). The average molecular weight is 448 g/mol. The van der Waals surface area contributed by atoms with Crippen molar-refractivity contribution >= 4 is 38.9 Å². The van der Waals surface area contributed by atoms with Crippen molar-refractivity contribution in [1.29, 1.82) is 0 Å². The highest BCUT2D eigenvalue weighted by Crippen LogP contribution is 2.30. The van der Waals surface area contributed by atoms with Crippen LogP contribution in [0.5, 0.6) is 0 Å². The molecule has 2 N–H and O–H groups in total. The minimum absolute atomic E-state index is 0.0506. The maximum Gasteiger partial charge on any atom is 0.282 e. The Balaban J connectivity index is 1.86.